The maximum absolute atomic E-state index is 12.8. The van der Waals surface area contributed by atoms with Gasteiger partial charge in [-0.2, -0.15) is 0 Å². The minimum absolute atomic E-state index is 0.0663. The van der Waals surface area contributed by atoms with Gasteiger partial charge in [-0.05, 0) is 58.8 Å². The summed E-state index contributed by atoms with van der Waals surface area (Å²) in [5, 5.41) is 6.09. The van der Waals surface area contributed by atoms with Crippen LogP contribution in [0.2, 0.25) is 0 Å². The fraction of sp³-hybridized carbons (Fsp3) is 0.125. The summed E-state index contributed by atoms with van der Waals surface area (Å²) in [7, 11) is -3.83. The Hall–Kier alpha value is -3.56. The maximum atomic E-state index is 12.8. The van der Waals surface area contributed by atoms with Gasteiger partial charge in [0.15, 0.2) is 11.5 Å². The van der Waals surface area contributed by atoms with Crippen LogP contribution in [-0.4, -0.2) is 27.5 Å². The van der Waals surface area contributed by atoms with Crippen LogP contribution in [0.1, 0.15) is 15.9 Å². The number of ether oxygens (including phenoxy) is 2. The number of carbonyl (C=O) groups excluding carboxylic acids is 1. The van der Waals surface area contributed by atoms with E-state index in [1.807, 2.05) is 23.6 Å². The largest absolute Gasteiger partial charge is 0.486 e. The molecular weight excluding hydrogens is 460 g/mol. The second kappa shape index (κ2) is 8.76. The lowest BCUT2D eigenvalue weighted by molar-refractivity contribution is 0.0951. The highest BCUT2D eigenvalue weighted by molar-refractivity contribution is 7.92. The summed E-state index contributed by atoms with van der Waals surface area (Å²) in [4.78, 5) is 12.6. The highest BCUT2D eigenvalue weighted by Crippen LogP contribution is 2.32. The highest BCUT2D eigenvalue weighted by atomic mass is 32.2. The number of amides is 1. The number of rotatable bonds is 6. The standard InChI is InChI=1S/C24H20N2O5S2/c27-24(25-14-17-15-32-23-4-2-1-3-20(17)23)16-5-7-18(8-6-16)26-33(28,29)19-9-10-21-22(13-19)31-12-11-30-21/h1-10,13,15,26H,11-12,14H2,(H,25,27). The average molecular weight is 481 g/mol. The van der Waals surface area contributed by atoms with Crippen molar-refractivity contribution >= 4 is 43.0 Å². The fourth-order valence-corrected chi connectivity index (χ4v) is 5.58. The van der Waals surface area contributed by atoms with E-state index in [2.05, 4.69) is 16.1 Å². The second-order valence-corrected chi connectivity index (χ2v) is 10.0. The summed E-state index contributed by atoms with van der Waals surface area (Å²) in [5.74, 6) is 0.687. The van der Waals surface area contributed by atoms with Gasteiger partial charge < -0.3 is 14.8 Å². The molecule has 1 amide bonds. The third kappa shape index (κ3) is 4.50. The number of nitrogens with one attached hydrogen (secondary N) is 2. The maximum Gasteiger partial charge on any atom is 0.262 e. The van der Waals surface area contributed by atoms with Crippen LogP contribution < -0.4 is 19.5 Å². The lowest BCUT2D eigenvalue weighted by Gasteiger charge is -2.19. The molecule has 1 aromatic heterocycles. The minimum Gasteiger partial charge on any atom is -0.486 e. The van der Waals surface area contributed by atoms with E-state index in [4.69, 9.17) is 9.47 Å². The molecule has 4 aromatic rings. The van der Waals surface area contributed by atoms with Crippen molar-refractivity contribution in [1.29, 1.82) is 0 Å². The molecule has 3 aromatic carbocycles. The first-order valence-corrected chi connectivity index (χ1v) is 12.6. The molecule has 1 aliphatic heterocycles. The van der Waals surface area contributed by atoms with Gasteiger partial charge in [-0.1, -0.05) is 18.2 Å². The van der Waals surface area contributed by atoms with E-state index >= 15 is 0 Å². The van der Waals surface area contributed by atoms with Crippen LogP contribution in [0.25, 0.3) is 10.1 Å². The first kappa shape index (κ1) is 21.3. The van der Waals surface area contributed by atoms with Crippen LogP contribution in [0, 0.1) is 0 Å². The SMILES string of the molecule is O=C(NCc1csc2ccccc12)c1ccc(NS(=O)(=O)c2ccc3c(c2)OCCO3)cc1. The van der Waals surface area contributed by atoms with Crippen molar-refractivity contribution in [2.24, 2.45) is 0 Å². The van der Waals surface area contributed by atoms with Crippen LogP contribution in [0.5, 0.6) is 11.5 Å². The molecule has 168 valence electrons. The molecule has 7 nitrogen and oxygen atoms in total. The minimum atomic E-state index is -3.83. The molecule has 1 aliphatic rings. The quantitative estimate of drug-likeness (QED) is 0.427. The molecule has 2 N–H and O–H groups in total. The number of hydrogen-bond acceptors (Lipinski definition) is 6. The third-order valence-electron chi connectivity index (χ3n) is 5.22. The van der Waals surface area contributed by atoms with Gasteiger partial charge in [0.2, 0.25) is 0 Å². The number of carbonyl (C=O) groups is 1. The number of fused-ring (bicyclic) bond motifs is 2. The van der Waals surface area contributed by atoms with Gasteiger partial charge in [-0.3, -0.25) is 9.52 Å². The molecule has 0 unspecified atom stereocenters. The summed E-state index contributed by atoms with van der Waals surface area (Å²) in [6.45, 7) is 1.22. The van der Waals surface area contributed by atoms with Gasteiger partial charge >= 0.3 is 0 Å². The number of benzene rings is 3. The molecule has 0 saturated heterocycles. The number of anilines is 1. The van der Waals surface area contributed by atoms with Gasteiger partial charge in [-0.25, -0.2) is 8.42 Å². The van der Waals surface area contributed by atoms with Gasteiger partial charge in [-0.15, -0.1) is 11.3 Å². The molecule has 0 atom stereocenters. The molecule has 5 rings (SSSR count). The Labute approximate surface area is 195 Å². The zero-order valence-electron chi connectivity index (χ0n) is 17.4. The zero-order valence-corrected chi connectivity index (χ0v) is 19.0. The Kier molecular flexibility index (Phi) is 5.65. The topological polar surface area (TPSA) is 93.7 Å². The molecule has 2 heterocycles. The van der Waals surface area contributed by atoms with E-state index in [-0.39, 0.29) is 10.8 Å². The average Bonchev–Trinajstić information content (AvgIpc) is 3.25. The number of thiophene rings is 1. The van der Waals surface area contributed by atoms with Gasteiger partial charge in [0.05, 0.1) is 4.90 Å². The van der Waals surface area contributed by atoms with Crippen LogP contribution in [0.15, 0.2) is 77.0 Å². The zero-order chi connectivity index (χ0) is 22.8. The van der Waals surface area contributed by atoms with Gasteiger partial charge in [0.1, 0.15) is 13.2 Å². The first-order chi connectivity index (χ1) is 16.0. The summed E-state index contributed by atoms with van der Waals surface area (Å²) in [6.07, 6.45) is 0. The Morgan fingerprint density at radius 1 is 0.939 bits per heavy atom. The van der Waals surface area contributed by atoms with E-state index < -0.39 is 10.0 Å². The normalized spacial score (nSPS) is 13.0. The molecule has 0 aliphatic carbocycles. The lowest BCUT2D eigenvalue weighted by atomic mass is 10.1. The monoisotopic (exact) mass is 480 g/mol. The van der Waals surface area contributed by atoms with Crippen molar-refractivity contribution in [3.05, 3.63) is 83.2 Å². The van der Waals surface area contributed by atoms with Crippen molar-refractivity contribution in [2.45, 2.75) is 11.4 Å². The van der Waals surface area contributed by atoms with Crippen LogP contribution in [0.3, 0.4) is 0 Å². The van der Waals surface area contributed by atoms with E-state index in [1.165, 1.54) is 16.8 Å². The van der Waals surface area contributed by atoms with Crippen LogP contribution in [0.4, 0.5) is 5.69 Å². The smallest absolute Gasteiger partial charge is 0.262 e. The van der Waals surface area contributed by atoms with Crippen molar-refractivity contribution in [1.82, 2.24) is 5.32 Å². The van der Waals surface area contributed by atoms with E-state index in [0.717, 1.165) is 10.9 Å². The Balaban J connectivity index is 1.25. The Morgan fingerprint density at radius 2 is 1.70 bits per heavy atom. The molecule has 0 saturated carbocycles. The number of hydrogen-bond donors (Lipinski definition) is 2. The predicted octanol–water partition coefficient (Wildman–Crippen LogP) is 4.40. The van der Waals surface area contributed by atoms with Crippen molar-refractivity contribution in [2.75, 3.05) is 17.9 Å². The van der Waals surface area contributed by atoms with Crippen molar-refractivity contribution in [3.63, 3.8) is 0 Å². The van der Waals surface area contributed by atoms with Gasteiger partial charge in [0, 0.05) is 28.6 Å². The third-order valence-corrected chi connectivity index (χ3v) is 7.62. The lowest BCUT2D eigenvalue weighted by Crippen LogP contribution is -2.22. The van der Waals surface area contributed by atoms with Crippen molar-refractivity contribution < 1.29 is 22.7 Å². The molecular formula is C24H20N2O5S2. The summed E-state index contributed by atoms with van der Waals surface area (Å²) in [5.41, 5.74) is 1.86. The van der Waals surface area contributed by atoms with E-state index in [0.29, 0.717) is 42.5 Å². The molecule has 33 heavy (non-hydrogen) atoms. The molecule has 0 radical (unpaired) electrons. The second-order valence-electron chi connectivity index (χ2n) is 7.43. The Bertz CT molecular complexity index is 1430. The first-order valence-electron chi connectivity index (χ1n) is 10.3. The molecule has 0 spiro atoms. The fourth-order valence-electron chi connectivity index (χ4n) is 3.54. The van der Waals surface area contributed by atoms with E-state index in [1.54, 1.807) is 41.7 Å². The Morgan fingerprint density at radius 3 is 2.52 bits per heavy atom. The van der Waals surface area contributed by atoms with Gasteiger partial charge in [0.25, 0.3) is 15.9 Å². The van der Waals surface area contributed by atoms with Crippen LogP contribution >= 0.6 is 11.3 Å². The van der Waals surface area contributed by atoms with Crippen LogP contribution in [-0.2, 0) is 16.6 Å². The highest BCUT2D eigenvalue weighted by Gasteiger charge is 2.19. The van der Waals surface area contributed by atoms with Crippen molar-refractivity contribution in [3.8, 4) is 11.5 Å². The summed E-state index contributed by atoms with van der Waals surface area (Å²) >= 11 is 1.64. The van der Waals surface area contributed by atoms with E-state index in [9.17, 15) is 13.2 Å². The summed E-state index contributed by atoms with van der Waals surface area (Å²) in [6, 6.07) is 18.8. The molecule has 0 bridgehead atoms. The predicted molar refractivity (Wildman–Crippen MR) is 128 cm³/mol. The molecule has 9 heteroatoms. The number of sulfonamides is 1. The summed E-state index contributed by atoms with van der Waals surface area (Å²) < 4.78 is 40.1. The molecule has 0 fully saturated rings.